The van der Waals surface area contributed by atoms with E-state index in [9.17, 15) is 4.79 Å². The number of ether oxygens (including phenoxy) is 2. The van der Waals surface area contributed by atoms with E-state index in [2.05, 4.69) is 36.6 Å². The first-order valence-electron chi connectivity index (χ1n) is 13.7. The van der Waals surface area contributed by atoms with Gasteiger partial charge in [-0.1, -0.05) is 80.2 Å². The lowest BCUT2D eigenvalue weighted by molar-refractivity contribution is -0.113. The van der Waals surface area contributed by atoms with E-state index in [1.54, 1.807) is 23.6 Å². The van der Waals surface area contributed by atoms with Gasteiger partial charge in [0.15, 0.2) is 0 Å². The average molecular weight is 570 g/mol. The molecule has 0 fully saturated rings. The van der Waals surface area contributed by atoms with E-state index >= 15 is 0 Å². The summed E-state index contributed by atoms with van der Waals surface area (Å²) in [4.78, 5) is 18.6. The van der Waals surface area contributed by atoms with Gasteiger partial charge in [-0.15, -0.1) is 5.10 Å². The SMILES string of the molecule is COc1ccccc1NC(=O)C1=C(C)Nc2nc(SCc3ccccc3)nn2C1c1ccc(OCCC(C)C)cc1. The van der Waals surface area contributed by atoms with Crippen LogP contribution in [0.25, 0.3) is 0 Å². The van der Waals surface area contributed by atoms with Gasteiger partial charge < -0.3 is 20.1 Å². The second-order valence-corrected chi connectivity index (χ2v) is 11.2. The van der Waals surface area contributed by atoms with Crippen LogP contribution in [-0.4, -0.2) is 34.4 Å². The Hall–Kier alpha value is -4.24. The predicted octanol–water partition coefficient (Wildman–Crippen LogP) is 6.93. The number of methoxy groups -OCH3 is 1. The number of hydrogen-bond donors (Lipinski definition) is 2. The molecule has 8 nitrogen and oxygen atoms in total. The molecule has 9 heteroatoms. The molecular formula is C32H35N5O3S. The van der Waals surface area contributed by atoms with Crippen LogP contribution >= 0.6 is 11.8 Å². The van der Waals surface area contributed by atoms with Crippen LogP contribution in [-0.2, 0) is 10.5 Å². The molecule has 212 valence electrons. The first kappa shape index (κ1) is 28.3. The Labute approximate surface area is 245 Å². The van der Waals surface area contributed by atoms with Crippen molar-refractivity contribution < 1.29 is 14.3 Å². The molecule has 1 aromatic heterocycles. The molecule has 41 heavy (non-hydrogen) atoms. The third-order valence-electron chi connectivity index (χ3n) is 6.80. The Bertz CT molecular complexity index is 1520. The molecule has 2 heterocycles. The second-order valence-electron chi connectivity index (χ2n) is 10.3. The van der Waals surface area contributed by atoms with Crippen molar-refractivity contribution >= 4 is 29.3 Å². The zero-order chi connectivity index (χ0) is 28.8. The van der Waals surface area contributed by atoms with Crippen molar-refractivity contribution in [3.05, 3.63) is 101 Å². The van der Waals surface area contributed by atoms with Crippen molar-refractivity contribution in [2.24, 2.45) is 5.92 Å². The minimum Gasteiger partial charge on any atom is -0.495 e. The Morgan fingerprint density at radius 2 is 1.78 bits per heavy atom. The maximum absolute atomic E-state index is 13.9. The monoisotopic (exact) mass is 569 g/mol. The van der Waals surface area contributed by atoms with Crippen LogP contribution in [0.5, 0.6) is 11.5 Å². The number of amides is 1. The van der Waals surface area contributed by atoms with Crippen molar-refractivity contribution in [1.29, 1.82) is 0 Å². The highest BCUT2D eigenvalue weighted by Gasteiger charge is 2.34. The van der Waals surface area contributed by atoms with Crippen LogP contribution in [0.3, 0.4) is 0 Å². The van der Waals surface area contributed by atoms with E-state index in [1.165, 1.54) is 5.56 Å². The van der Waals surface area contributed by atoms with Crippen LogP contribution < -0.4 is 20.1 Å². The quantitative estimate of drug-likeness (QED) is 0.189. The minimum absolute atomic E-state index is 0.249. The number of allylic oxidation sites excluding steroid dienone is 1. The van der Waals surface area contributed by atoms with Crippen molar-refractivity contribution in [3.8, 4) is 11.5 Å². The number of thioether (sulfide) groups is 1. The van der Waals surface area contributed by atoms with E-state index in [-0.39, 0.29) is 5.91 Å². The maximum Gasteiger partial charge on any atom is 0.255 e. The van der Waals surface area contributed by atoms with E-state index in [4.69, 9.17) is 19.6 Å². The van der Waals surface area contributed by atoms with Gasteiger partial charge in [0.25, 0.3) is 5.91 Å². The summed E-state index contributed by atoms with van der Waals surface area (Å²) in [6.45, 7) is 6.91. The molecule has 0 saturated carbocycles. The maximum atomic E-state index is 13.9. The van der Waals surface area contributed by atoms with Gasteiger partial charge in [-0.05, 0) is 54.7 Å². The topological polar surface area (TPSA) is 90.3 Å². The fourth-order valence-electron chi connectivity index (χ4n) is 4.61. The summed E-state index contributed by atoms with van der Waals surface area (Å²) in [7, 11) is 1.58. The summed E-state index contributed by atoms with van der Waals surface area (Å²) in [5, 5.41) is 11.8. The molecule has 1 atom stereocenters. The zero-order valence-corrected chi connectivity index (χ0v) is 24.6. The highest BCUT2D eigenvalue weighted by Crippen LogP contribution is 2.38. The van der Waals surface area contributed by atoms with Crippen LogP contribution in [0, 0.1) is 5.92 Å². The number of nitrogens with zero attached hydrogens (tertiary/aromatic N) is 3. The lowest BCUT2D eigenvalue weighted by Crippen LogP contribution is -2.31. The third kappa shape index (κ3) is 6.74. The first-order chi connectivity index (χ1) is 19.9. The number of nitrogens with one attached hydrogen (secondary N) is 2. The summed E-state index contributed by atoms with van der Waals surface area (Å²) in [5.74, 6) is 3.03. The Balaban J connectivity index is 1.46. The van der Waals surface area contributed by atoms with Crippen molar-refractivity contribution in [3.63, 3.8) is 0 Å². The highest BCUT2D eigenvalue weighted by molar-refractivity contribution is 7.98. The number of aromatic nitrogens is 3. The lowest BCUT2D eigenvalue weighted by Gasteiger charge is -2.29. The van der Waals surface area contributed by atoms with Crippen LogP contribution in [0.2, 0.25) is 0 Å². The largest absolute Gasteiger partial charge is 0.495 e. The van der Waals surface area contributed by atoms with Crippen LogP contribution in [0.4, 0.5) is 11.6 Å². The Kier molecular flexibility index (Phi) is 8.94. The molecular weight excluding hydrogens is 534 g/mol. The van der Waals surface area contributed by atoms with E-state index in [0.717, 1.165) is 23.5 Å². The summed E-state index contributed by atoms with van der Waals surface area (Å²) >= 11 is 1.56. The Morgan fingerprint density at radius 1 is 1.05 bits per heavy atom. The highest BCUT2D eigenvalue weighted by atomic mass is 32.2. The van der Waals surface area contributed by atoms with E-state index in [1.807, 2.05) is 73.7 Å². The first-order valence-corrected chi connectivity index (χ1v) is 14.7. The number of rotatable bonds is 11. The minimum atomic E-state index is -0.496. The van der Waals surface area contributed by atoms with Crippen LogP contribution in [0.15, 0.2) is 95.3 Å². The van der Waals surface area contributed by atoms with Crippen LogP contribution in [0.1, 0.15) is 44.4 Å². The molecule has 5 rings (SSSR count). The normalized spacial score (nSPS) is 14.4. The number of para-hydroxylation sites is 2. The molecule has 0 bridgehead atoms. The number of carbonyl (C=O) groups is 1. The molecule has 1 unspecified atom stereocenters. The Morgan fingerprint density at radius 3 is 2.51 bits per heavy atom. The molecule has 2 N–H and O–H groups in total. The molecule has 0 aliphatic carbocycles. The molecule has 1 aliphatic heterocycles. The second kappa shape index (κ2) is 13.0. The summed E-state index contributed by atoms with van der Waals surface area (Å²) in [5.41, 5.74) is 3.93. The fraction of sp³-hybridized carbons (Fsp3) is 0.281. The predicted molar refractivity (Wildman–Crippen MR) is 164 cm³/mol. The number of fused-ring (bicyclic) bond motifs is 1. The van der Waals surface area contributed by atoms with Crippen molar-refractivity contribution in [1.82, 2.24) is 14.8 Å². The van der Waals surface area contributed by atoms with Gasteiger partial charge in [0.2, 0.25) is 11.1 Å². The van der Waals surface area contributed by atoms with Gasteiger partial charge in [0, 0.05) is 11.4 Å². The van der Waals surface area contributed by atoms with Gasteiger partial charge >= 0.3 is 0 Å². The van der Waals surface area contributed by atoms with E-state index < -0.39 is 6.04 Å². The molecule has 1 amide bonds. The third-order valence-corrected chi connectivity index (χ3v) is 7.71. The number of carbonyl (C=O) groups excluding carboxylic acids is 1. The van der Waals surface area contributed by atoms with E-state index in [0.29, 0.717) is 46.3 Å². The van der Waals surface area contributed by atoms with Gasteiger partial charge in [-0.25, -0.2) is 4.68 Å². The van der Waals surface area contributed by atoms with Crippen molar-refractivity contribution in [2.75, 3.05) is 24.4 Å². The van der Waals surface area contributed by atoms with Crippen molar-refractivity contribution in [2.45, 2.75) is 44.1 Å². The number of benzene rings is 3. The number of hydrogen-bond acceptors (Lipinski definition) is 7. The summed E-state index contributed by atoms with van der Waals surface area (Å²) < 4.78 is 13.2. The smallest absolute Gasteiger partial charge is 0.255 e. The fourth-order valence-corrected chi connectivity index (χ4v) is 5.40. The molecule has 0 radical (unpaired) electrons. The summed E-state index contributed by atoms with van der Waals surface area (Å²) in [6.07, 6.45) is 0.983. The summed E-state index contributed by atoms with van der Waals surface area (Å²) in [6, 6.07) is 25.0. The van der Waals surface area contributed by atoms with Gasteiger partial charge in [-0.2, -0.15) is 4.98 Å². The average Bonchev–Trinajstić information content (AvgIpc) is 3.38. The molecule has 1 aliphatic rings. The van der Waals surface area contributed by atoms with Gasteiger partial charge in [0.05, 0.1) is 25.0 Å². The zero-order valence-electron chi connectivity index (χ0n) is 23.8. The standard InChI is InChI=1S/C32H35N5O3S/c1-21(2)18-19-40-25-16-14-24(15-17-25)29-28(30(38)34-26-12-8-9-13-27(26)39-4)22(3)33-31-35-32(36-37(29)31)41-20-23-10-6-5-7-11-23/h5-17,21,29H,18-20H2,1-4H3,(H,34,38)(H,33,35,36). The van der Waals surface area contributed by atoms with Gasteiger partial charge in [0.1, 0.15) is 17.5 Å². The molecule has 0 saturated heterocycles. The molecule has 3 aromatic carbocycles. The number of anilines is 2. The molecule has 4 aromatic rings. The van der Waals surface area contributed by atoms with Gasteiger partial charge in [-0.3, -0.25) is 4.79 Å². The molecule has 0 spiro atoms. The lowest BCUT2D eigenvalue weighted by atomic mass is 9.95.